The van der Waals surface area contributed by atoms with E-state index in [4.69, 9.17) is 15.9 Å². The van der Waals surface area contributed by atoms with Crippen molar-refractivity contribution in [2.45, 2.75) is 5.54 Å². The maximum Gasteiger partial charge on any atom is 0.330 e. The molecule has 0 unspecified atom stereocenters. The molecule has 4 N–H and O–H groups in total. The molecule has 0 saturated heterocycles. The molecule has 4 nitrogen and oxygen atoms in total. The molecule has 78 valence electrons. The van der Waals surface area contributed by atoms with E-state index in [9.17, 15) is 4.79 Å². The minimum atomic E-state index is -1.69. The zero-order chi connectivity index (χ0) is 9.90. The standard InChI is InChI=1S/C9H11NO3.ClH/c10-9(6-11,8(12)13)7-4-2-1-3-5-7;/h1-5,11H,6,10H2,(H,12,13);1H/t9-;/m1./s1. The van der Waals surface area contributed by atoms with Gasteiger partial charge in [0.2, 0.25) is 0 Å². The molecule has 0 aliphatic rings. The van der Waals surface area contributed by atoms with Crippen molar-refractivity contribution >= 4 is 18.4 Å². The molecular weight excluding hydrogens is 206 g/mol. The third-order valence-corrected chi connectivity index (χ3v) is 1.92. The summed E-state index contributed by atoms with van der Waals surface area (Å²) < 4.78 is 0. The number of nitrogens with two attached hydrogens (primary N) is 1. The van der Waals surface area contributed by atoms with Gasteiger partial charge in [-0.2, -0.15) is 0 Å². The first kappa shape index (κ1) is 12.9. The Kier molecular flexibility index (Phi) is 4.56. The van der Waals surface area contributed by atoms with Crippen molar-refractivity contribution in [3.63, 3.8) is 0 Å². The number of carboxylic acid groups (broad SMARTS) is 1. The SMILES string of the molecule is Cl.N[C@@](CO)(C(=O)O)c1ccccc1. The highest BCUT2D eigenvalue weighted by Gasteiger charge is 2.34. The maximum absolute atomic E-state index is 10.8. The van der Waals surface area contributed by atoms with E-state index >= 15 is 0 Å². The van der Waals surface area contributed by atoms with Gasteiger partial charge in [0.05, 0.1) is 6.61 Å². The van der Waals surface area contributed by atoms with Crippen molar-refractivity contribution in [1.82, 2.24) is 0 Å². The summed E-state index contributed by atoms with van der Waals surface area (Å²) in [7, 11) is 0. The van der Waals surface area contributed by atoms with Crippen LogP contribution in [0.1, 0.15) is 5.56 Å². The van der Waals surface area contributed by atoms with E-state index in [-0.39, 0.29) is 12.4 Å². The van der Waals surface area contributed by atoms with Crippen molar-refractivity contribution in [1.29, 1.82) is 0 Å². The van der Waals surface area contributed by atoms with Gasteiger partial charge in [-0.25, -0.2) is 4.79 Å². The van der Waals surface area contributed by atoms with E-state index in [0.29, 0.717) is 5.56 Å². The largest absolute Gasteiger partial charge is 0.480 e. The molecule has 0 aliphatic heterocycles. The average molecular weight is 218 g/mol. The molecule has 1 aromatic carbocycles. The second kappa shape index (κ2) is 4.95. The molecule has 0 aromatic heterocycles. The smallest absolute Gasteiger partial charge is 0.330 e. The first-order chi connectivity index (χ1) is 6.11. The molecule has 0 saturated carbocycles. The summed E-state index contributed by atoms with van der Waals surface area (Å²) in [4.78, 5) is 10.8. The van der Waals surface area contributed by atoms with Crippen LogP contribution in [0, 0.1) is 0 Å². The molecule has 14 heavy (non-hydrogen) atoms. The number of halogens is 1. The predicted molar refractivity (Wildman–Crippen MR) is 54.3 cm³/mol. The second-order valence-corrected chi connectivity index (χ2v) is 2.80. The van der Waals surface area contributed by atoms with Gasteiger partial charge >= 0.3 is 5.97 Å². The Balaban J connectivity index is 0.00000169. The molecule has 1 aromatic rings. The lowest BCUT2D eigenvalue weighted by molar-refractivity contribution is -0.145. The van der Waals surface area contributed by atoms with E-state index in [2.05, 4.69) is 0 Å². The van der Waals surface area contributed by atoms with Crippen LogP contribution in [0.4, 0.5) is 0 Å². The number of hydrogen-bond donors (Lipinski definition) is 3. The van der Waals surface area contributed by atoms with Gasteiger partial charge in [0, 0.05) is 0 Å². The highest BCUT2D eigenvalue weighted by Crippen LogP contribution is 2.17. The number of carboxylic acids is 1. The monoisotopic (exact) mass is 217 g/mol. The lowest BCUT2D eigenvalue weighted by atomic mass is 9.92. The Morgan fingerprint density at radius 3 is 2.21 bits per heavy atom. The Bertz CT molecular complexity index is 304. The summed E-state index contributed by atoms with van der Waals surface area (Å²) in [6, 6.07) is 8.25. The molecular formula is C9H12ClNO3. The number of aliphatic hydroxyl groups excluding tert-OH is 1. The molecule has 0 fully saturated rings. The van der Waals surface area contributed by atoms with E-state index in [1.165, 1.54) is 0 Å². The Hall–Kier alpha value is -1.10. The van der Waals surface area contributed by atoms with Crippen LogP contribution >= 0.6 is 12.4 Å². The van der Waals surface area contributed by atoms with Crippen molar-refractivity contribution in [3.8, 4) is 0 Å². The normalized spacial score (nSPS) is 13.9. The van der Waals surface area contributed by atoms with Crippen molar-refractivity contribution < 1.29 is 15.0 Å². The van der Waals surface area contributed by atoms with Crippen LogP contribution in [0.2, 0.25) is 0 Å². The molecule has 0 heterocycles. The summed E-state index contributed by atoms with van der Waals surface area (Å²) in [6.45, 7) is -0.619. The van der Waals surface area contributed by atoms with E-state index in [1.807, 2.05) is 0 Å². The fourth-order valence-electron chi connectivity index (χ4n) is 1.02. The second-order valence-electron chi connectivity index (χ2n) is 2.80. The number of rotatable bonds is 3. The van der Waals surface area contributed by atoms with Gasteiger partial charge in [0.15, 0.2) is 5.54 Å². The fourth-order valence-corrected chi connectivity index (χ4v) is 1.02. The van der Waals surface area contributed by atoms with Gasteiger partial charge in [-0.1, -0.05) is 30.3 Å². The highest BCUT2D eigenvalue weighted by molar-refractivity contribution is 5.85. The summed E-state index contributed by atoms with van der Waals surface area (Å²) in [5.41, 5.74) is 4.21. The molecule has 1 atom stereocenters. The minimum absolute atomic E-state index is 0. The van der Waals surface area contributed by atoms with Gasteiger partial charge in [-0.15, -0.1) is 12.4 Å². The first-order valence-corrected chi connectivity index (χ1v) is 3.80. The molecule has 1 rings (SSSR count). The number of hydrogen-bond acceptors (Lipinski definition) is 3. The summed E-state index contributed by atoms with van der Waals surface area (Å²) in [6.07, 6.45) is 0. The molecule has 0 spiro atoms. The first-order valence-electron chi connectivity index (χ1n) is 3.80. The molecule has 0 amide bonds. The topological polar surface area (TPSA) is 83.5 Å². The Morgan fingerprint density at radius 1 is 1.36 bits per heavy atom. The summed E-state index contributed by atoms with van der Waals surface area (Å²) >= 11 is 0. The van der Waals surface area contributed by atoms with Gasteiger partial charge in [-0.3, -0.25) is 0 Å². The summed E-state index contributed by atoms with van der Waals surface area (Å²) in [5.74, 6) is -1.23. The molecule has 5 heteroatoms. The van der Waals surface area contributed by atoms with Crippen LogP contribution in [-0.2, 0) is 10.3 Å². The summed E-state index contributed by atoms with van der Waals surface area (Å²) in [5, 5.41) is 17.7. The molecule has 0 bridgehead atoms. The van der Waals surface area contributed by atoms with Crippen LogP contribution in [0.3, 0.4) is 0 Å². The maximum atomic E-state index is 10.8. The van der Waals surface area contributed by atoms with E-state index < -0.39 is 18.1 Å². The predicted octanol–water partition coefficient (Wildman–Crippen LogP) is 0.339. The van der Waals surface area contributed by atoms with Crippen LogP contribution in [0.25, 0.3) is 0 Å². The van der Waals surface area contributed by atoms with Crippen LogP contribution < -0.4 is 5.73 Å². The quantitative estimate of drug-likeness (QED) is 0.682. The van der Waals surface area contributed by atoms with Gasteiger partial charge in [-0.05, 0) is 5.56 Å². The zero-order valence-corrected chi connectivity index (χ0v) is 8.20. The Labute approximate surface area is 87.8 Å². The van der Waals surface area contributed by atoms with E-state index in [0.717, 1.165) is 0 Å². The van der Waals surface area contributed by atoms with Crippen LogP contribution in [0.5, 0.6) is 0 Å². The van der Waals surface area contributed by atoms with Crippen molar-refractivity contribution in [3.05, 3.63) is 35.9 Å². The number of carbonyl (C=O) groups is 1. The highest BCUT2D eigenvalue weighted by atomic mass is 35.5. The molecule has 0 radical (unpaired) electrons. The number of aliphatic carboxylic acids is 1. The van der Waals surface area contributed by atoms with Crippen LogP contribution in [-0.4, -0.2) is 22.8 Å². The minimum Gasteiger partial charge on any atom is -0.480 e. The number of benzene rings is 1. The van der Waals surface area contributed by atoms with Gasteiger partial charge < -0.3 is 15.9 Å². The lowest BCUT2D eigenvalue weighted by Gasteiger charge is -2.22. The lowest BCUT2D eigenvalue weighted by Crippen LogP contribution is -2.48. The number of aliphatic hydroxyl groups is 1. The van der Waals surface area contributed by atoms with Gasteiger partial charge in [0.1, 0.15) is 0 Å². The van der Waals surface area contributed by atoms with Gasteiger partial charge in [0.25, 0.3) is 0 Å². The van der Waals surface area contributed by atoms with Crippen molar-refractivity contribution in [2.75, 3.05) is 6.61 Å². The fraction of sp³-hybridized carbons (Fsp3) is 0.222. The average Bonchev–Trinajstić information content (AvgIpc) is 2.17. The third-order valence-electron chi connectivity index (χ3n) is 1.92. The molecule has 0 aliphatic carbocycles. The van der Waals surface area contributed by atoms with Crippen molar-refractivity contribution in [2.24, 2.45) is 5.73 Å². The van der Waals surface area contributed by atoms with Crippen LogP contribution in [0.15, 0.2) is 30.3 Å². The zero-order valence-electron chi connectivity index (χ0n) is 7.38. The van der Waals surface area contributed by atoms with E-state index in [1.54, 1.807) is 30.3 Å². The third kappa shape index (κ3) is 2.23. The Morgan fingerprint density at radius 2 is 1.86 bits per heavy atom.